The Balaban J connectivity index is 1.68. The van der Waals surface area contributed by atoms with Gasteiger partial charge in [0.25, 0.3) is 0 Å². The van der Waals surface area contributed by atoms with Crippen LogP contribution in [-0.2, 0) is 13.0 Å². The van der Waals surface area contributed by atoms with Crippen LogP contribution in [0.15, 0.2) is 36.4 Å². The van der Waals surface area contributed by atoms with Gasteiger partial charge < -0.3 is 5.32 Å². The fraction of sp³-hybridized carbons (Fsp3) is 0.286. The zero-order chi connectivity index (χ0) is 11.7. The second kappa shape index (κ2) is 4.81. The summed E-state index contributed by atoms with van der Waals surface area (Å²) in [5.74, 6) is 0. The average Bonchev–Trinajstić information content (AvgIpc) is 2.93. The number of rotatable bonds is 3. The van der Waals surface area contributed by atoms with Crippen molar-refractivity contribution in [2.45, 2.75) is 25.4 Å². The summed E-state index contributed by atoms with van der Waals surface area (Å²) in [6.07, 6.45) is 2.40. The first-order valence-electron chi connectivity index (χ1n) is 5.88. The van der Waals surface area contributed by atoms with E-state index >= 15 is 0 Å². The fourth-order valence-electron chi connectivity index (χ4n) is 2.44. The van der Waals surface area contributed by atoms with Gasteiger partial charge in [-0.25, -0.2) is 0 Å². The van der Waals surface area contributed by atoms with Crippen molar-refractivity contribution in [3.8, 4) is 0 Å². The third-order valence-electron chi connectivity index (χ3n) is 3.28. The van der Waals surface area contributed by atoms with Crippen LogP contribution in [0.3, 0.4) is 0 Å². The van der Waals surface area contributed by atoms with Gasteiger partial charge in [-0.05, 0) is 36.1 Å². The van der Waals surface area contributed by atoms with Crippen LogP contribution >= 0.6 is 22.9 Å². The molecule has 3 heteroatoms. The maximum Gasteiger partial charge on any atom is 0.0931 e. The van der Waals surface area contributed by atoms with Crippen LogP contribution in [-0.4, -0.2) is 0 Å². The lowest BCUT2D eigenvalue weighted by atomic mass is 10.1. The Morgan fingerprint density at radius 3 is 2.94 bits per heavy atom. The van der Waals surface area contributed by atoms with Gasteiger partial charge >= 0.3 is 0 Å². The van der Waals surface area contributed by atoms with Gasteiger partial charge in [-0.1, -0.05) is 35.9 Å². The molecule has 0 bridgehead atoms. The Hall–Kier alpha value is -0.830. The second-order valence-corrected chi connectivity index (χ2v) is 6.18. The highest BCUT2D eigenvalue weighted by Crippen LogP contribution is 2.31. The normalized spacial score (nSPS) is 18.3. The van der Waals surface area contributed by atoms with E-state index in [1.54, 1.807) is 11.3 Å². The van der Waals surface area contributed by atoms with E-state index in [2.05, 4.69) is 35.6 Å². The molecule has 1 unspecified atom stereocenters. The minimum atomic E-state index is 0.507. The minimum Gasteiger partial charge on any atom is -0.305 e. The van der Waals surface area contributed by atoms with E-state index in [4.69, 9.17) is 11.6 Å². The number of benzene rings is 1. The van der Waals surface area contributed by atoms with E-state index in [9.17, 15) is 0 Å². The molecule has 0 saturated carbocycles. The number of thiophene rings is 1. The summed E-state index contributed by atoms with van der Waals surface area (Å²) < 4.78 is 0.869. The molecule has 0 radical (unpaired) electrons. The second-order valence-electron chi connectivity index (χ2n) is 4.38. The molecule has 0 fully saturated rings. The van der Waals surface area contributed by atoms with Crippen molar-refractivity contribution in [3.05, 3.63) is 56.7 Å². The molecule has 0 aliphatic heterocycles. The highest BCUT2D eigenvalue weighted by molar-refractivity contribution is 7.16. The third-order valence-corrected chi connectivity index (χ3v) is 4.52. The van der Waals surface area contributed by atoms with Gasteiger partial charge in [0.05, 0.1) is 4.34 Å². The van der Waals surface area contributed by atoms with Crippen molar-refractivity contribution < 1.29 is 0 Å². The van der Waals surface area contributed by atoms with Crippen molar-refractivity contribution in [2.24, 2.45) is 0 Å². The molecule has 1 aliphatic carbocycles. The van der Waals surface area contributed by atoms with E-state index in [1.165, 1.54) is 28.8 Å². The molecule has 1 N–H and O–H groups in total. The number of halogens is 1. The van der Waals surface area contributed by atoms with Gasteiger partial charge in [0.2, 0.25) is 0 Å². The molecule has 1 aromatic carbocycles. The van der Waals surface area contributed by atoms with Crippen LogP contribution < -0.4 is 5.32 Å². The largest absolute Gasteiger partial charge is 0.305 e. The molecule has 0 saturated heterocycles. The highest BCUT2D eigenvalue weighted by Gasteiger charge is 2.21. The highest BCUT2D eigenvalue weighted by atomic mass is 35.5. The molecule has 1 aliphatic rings. The van der Waals surface area contributed by atoms with E-state index < -0.39 is 0 Å². The van der Waals surface area contributed by atoms with E-state index in [-0.39, 0.29) is 0 Å². The van der Waals surface area contributed by atoms with Crippen LogP contribution in [0.5, 0.6) is 0 Å². The molecular weight excluding hydrogens is 250 g/mol. The first kappa shape index (κ1) is 11.3. The van der Waals surface area contributed by atoms with Gasteiger partial charge in [-0.2, -0.15) is 0 Å². The molecule has 0 spiro atoms. The summed E-state index contributed by atoms with van der Waals surface area (Å²) in [4.78, 5) is 1.30. The molecule has 1 aromatic heterocycles. The molecular formula is C14H14ClNS. The van der Waals surface area contributed by atoms with Crippen molar-refractivity contribution in [1.82, 2.24) is 5.32 Å². The average molecular weight is 264 g/mol. The molecule has 1 heterocycles. The van der Waals surface area contributed by atoms with Gasteiger partial charge in [-0.3, -0.25) is 0 Å². The van der Waals surface area contributed by atoms with E-state index in [1.807, 2.05) is 6.07 Å². The lowest BCUT2D eigenvalue weighted by Crippen LogP contribution is -2.17. The summed E-state index contributed by atoms with van der Waals surface area (Å²) in [6.45, 7) is 0.913. The third kappa shape index (κ3) is 2.39. The molecule has 2 aromatic rings. The maximum absolute atomic E-state index is 5.93. The summed E-state index contributed by atoms with van der Waals surface area (Å²) in [6, 6.07) is 13.3. The maximum atomic E-state index is 5.93. The Morgan fingerprint density at radius 1 is 1.24 bits per heavy atom. The first-order valence-corrected chi connectivity index (χ1v) is 7.08. The summed E-state index contributed by atoms with van der Waals surface area (Å²) in [5.41, 5.74) is 2.96. The summed E-state index contributed by atoms with van der Waals surface area (Å²) in [7, 11) is 0. The monoisotopic (exact) mass is 263 g/mol. The summed E-state index contributed by atoms with van der Waals surface area (Å²) in [5, 5.41) is 3.62. The van der Waals surface area contributed by atoms with Gasteiger partial charge in [-0.15, -0.1) is 11.3 Å². The SMILES string of the molecule is Clc1ccc(CNC2CCc3ccccc32)s1. The topological polar surface area (TPSA) is 12.0 Å². The van der Waals surface area contributed by atoms with Gasteiger partial charge in [0.15, 0.2) is 0 Å². The van der Waals surface area contributed by atoms with Crippen LogP contribution in [0.4, 0.5) is 0 Å². The quantitative estimate of drug-likeness (QED) is 0.876. The van der Waals surface area contributed by atoms with Crippen LogP contribution in [0.1, 0.15) is 28.5 Å². The lowest BCUT2D eigenvalue weighted by molar-refractivity contribution is 0.533. The fourth-order valence-corrected chi connectivity index (χ4v) is 3.48. The Labute approximate surface area is 110 Å². The molecule has 1 atom stereocenters. The van der Waals surface area contributed by atoms with Crippen LogP contribution in [0.2, 0.25) is 4.34 Å². The predicted molar refractivity (Wildman–Crippen MR) is 73.7 cm³/mol. The van der Waals surface area contributed by atoms with E-state index in [0.29, 0.717) is 6.04 Å². The zero-order valence-corrected chi connectivity index (χ0v) is 11.0. The number of nitrogens with one attached hydrogen (secondary N) is 1. The molecule has 0 amide bonds. The number of fused-ring (bicyclic) bond motifs is 1. The molecule has 17 heavy (non-hydrogen) atoms. The Bertz CT molecular complexity index is 520. The van der Waals surface area contributed by atoms with Crippen molar-refractivity contribution in [1.29, 1.82) is 0 Å². The van der Waals surface area contributed by atoms with Crippen LogP contribution in [0, 0.1) is 0 Å². The van der Waals surface area contributed by atoms with Crippen molar-refractivity contribution >= 4 is 22.9 Å². The number of aryl methyl sites for hydroxylation is 1. The van der Waals surface area contributed by atoms with Gasteiger partial charge in [0, 0.05) is 17.5 Å². The minimum absolute atomic E-state index is 0.507. The van der Waals surface area contributed by atoms with Gasteiger partial charge in [0.1, 0.15) is 0 Å². The van der Waals surface area contributed by atoms with E-state index in [0.717, 1.165) is 10.9 Å². The number of hydrogen-bond donors (Lipinski definition) is 1. The summed E-state index contributed by atoms with van der Waals surface area (Å²) >= 11 is 7.58. The first-order chi connectivity index (χ1) is 8.33. The zero-order valence-electron chi connectivity index (χ0n) is 9.45. The Morgan fingerprint density at radius 2 is 2.12 bits per heavy atom. The van der Waals surface area contributed by atoms with Crippen molar-refractivity contribution in [2.75, 3.05) is 0 Å². The standard InChI is InChI=1S/C14H14ClNS/c15-14-8-6-11(17-14)9-16-13-7-5-10-3-1-2-4-12(10)13/h1-4,6,8,13,16H,5,7,9H2. The molecule has 88 valence electrons. The smallest absolute Gasteiger partial charge is 0.0931 e. The molecule has 1 nitrogen and oxygen atoms in total. The predicted octanol–water partition coefficient (Wildman–Crippen LogP) is 4.18. The van der Waals surface area contributed by atoms with Crippen molar-refractivity contribution in [3.63, 3.8) is 0 Å². The lowest BCUT2D eigenvalue weighted by Gasteiger charge is -2.13. The van der Waals surface area contributed by atoms with Crippen LogP contribution in [0.25, 0.3) is 0 Å². The molecule has 3 rings (SSSR count). The Kier molecular flexibility index (Phi) is 3.19. The number of hydrogen-bond acceptors (Lipinski definition) is 2.